The van der Waals surface area contributed by atoms with E-state index in [1.165, 1.54) is 7.11 Å². The summed E-state index contributed by atoms with van der Waals surface area (Å²) in [6.45, 7) is 7.40. The average Bonchev–Trinajstić information content (AvgIpc) is 2.91. The molecule has 29 heavy (non-hydrogen) atoms. The molecule has 3 rings (SSSR count). The van der Waals surface area contributed by atoms with E-state index in [2.05, 4.69) is 0 Å². The number of aliphatic carboxylic acids is 1. The molecule has 0 aliphatic rings. The van der Waals surface area contributed by atoms with Crippen molar-refractivity contribution in [3.63, 3.8) is 0 Å². The first kappa shape index (κ1) is 20.9. The van der Waals surface area contributed by atoms with E-state index >= 15 is 0 Å². The van der Waals surface area contributed by atoms with Crippen LogP contribution in [0.3, 0.4) is 0 Å². The Morgan fingerprint density at radius 2 is 1.76 bits per heavy atom. The molecule has 1 N–H and O–H groups in total. The van der Waals surface area contributed by atoms with Crippen LogP contribution in [0, 0.1) is 12.3 Å². The average molecular weight is 414 g/mol. The summed E-state index contributed by atoms with van der Waals surface area (Å²) in [5, 5.41) is 11.0. The van der Waals surface area contributed by atoms with E-state index in [1.807, 2.05) is 26.8 Å². The van der Waals surface area contributed by atoms with Gasteiger partial charge in [0.15, 0.2) is 0 Å². The topological polar surface area (TPSA) is 68.5 Å². The second-order valence-corrected chi connectivity index (χ2v) is 8.55. The Morgan fingerprint density at radius 3 is 2.28 bits per heavy atom. The van der Waals surface area contributed by atoms with Gasteiger partial charge in [-0.1, -0.05) is 50.6 Å². The fourth-order valence-electron chi connectivity index (χ4n) is 3.86. The minimum atomic E-state index is -0.944. The number of nitrogens with zero attached hydrogens (tertiary/aromatic N) is 1. The zero-order chi connectivity index (χ0) is 21.5. The first-order valence-corrected chi connectivity index (χ1v) is 9.66. The minimum Gasteiger partial charge on any atom is -0.495 e. The van der Waals surface area contributed by atoms with Crippen LogP contribution in [0.4, 0.5) is 0 Å². The summed E-state index contributed by atoms with van der Waals surface area (Å²) in [7, 11) is 1.50. The molecule has 0 saturated heterocycles. The van der Waals surface area contributed by atoms with Gasteiger partial charge in [0, 0.05) is 16.6 Å². The largest absolute Gasteiger partial charge is 0.495 e. The standard InChI is InChI=1S/C23H24ClNO4/c1-13-19(20(22(27)28)23(2,3)4)15-11-18(29-5)16(24)12-17(15)25(13)21(26)14-9-7-6-8-10-14/h6-12,20H,1-5H3,(H,27,28). The van der Waals surface area contributed by atoms with Crippen LogP contribution in [0.1, 0.15) is 48.3 Å². The zero-order valence-corrected chi connectivity index (χ0v) is 17.9. The van der Waals surface area contributed by atoms with Crippen molar-refractivity contribution in [1.29, 1.82) is 0 Å². The monoisotopic (exact) mass is 413 g/mol. The molecule has 1 heterocycles. The smallest absolute Gasteiger partial charge is 0.311 e. The molecule has 1 unspecified atom stereocenters. The Bertz CT molecular complexity index is 1090. The van der Waals surface area contributed by atoms with Crippen molar-refractivity contribution in [2.75, 3.05) is 7.11 Å². The summed E-state index contributed by atoms with van der Waals surface area (Å²) >= 11 is 6.35. The van der Waals surface area contributed by atoms with E-state index in [0.717, 1.165) is 0 Å². The van der Waals surface area contributed by atoms with E-state index in [9.17, 15) is 14.7 Å². The van der Waals surface area contributed by atoms with Gasteiger partial charge in [0.25, 0.3) is 5.91 Å². The van der Waals surface area contributed by atoms with Gasteiger partial charge < -0.3 is 9.84 Å². The first-order chi connectivity index (χ1) is 13.6. The van der Waals surface area contributed by atoms with Gasteiger partial charge in [0.2, 0.25) is 0 Å². The van der Waals surface area contributed by atoms with E-state index in [0.29, 0.717) is 38.5 Å². The molecule has 0 spiro atoms. The highest BCUT2D eigenvalue weighted by Crippen LogP contribution is 2.44. The molecule has 0 aliphatic heterocycles. The maximum absolute atomic E-state index is 13.3. The maximum atomic E-state index is 13.3. The number of halogens is 1. The molecule has 0 radical (unpaired) electrons. The van der Waals surface area contributed by atoms with Crippen molar-refractivity contribution in [2.45, 2.75) is 33.6 Å². The fourth-order valence-corrected chi connectivity index (χ4v) is 4.09. The number of ether oxygens (including phenoxy) is 1. The highest BCUT2D eigenvalue weighted by atomic mass is 35.5. The predicted molar refractivity (Wildman–Crippen MR) is 114 cm³/mol. The second kappa shape index (κ2) is 7.56. The lowest BCUT2D eigenvalue weighted by atomic mass is 9.75. The molecule has 0 aliphatic carbocycles. The van der Waals surface area contributed by atoms with Crippen LogP contribution < -0.4 is 4.74 Å². The molecule has 1 atom stereocenters. The molecule has 5 nitrogen and oxygen atoms in total. The number of benzene rings is 2. The molecular weight excluding hydrogens is 390 g/mol. The van der Waals surface area contributed by atoms with Crippen LogP contribution in [0.15, 0.2) is 42.5 Å². The van der Waals surface area contributed by atoms with Gasteiger partial charge in [-0.3, -0.25) is 14.2 Å². The quantitative estimate of drug-likeness (QED) is 0.611. The number of carbonyl (C=O) groups excluding carboxylic acids is 1. The van der Waals surface area contributed by atoms with Crippen LogP contribution in [0.25, 0.3) is 10.9 Å². The molecule has 6 heteroatoms. The van der Waals surface area contributed by atoms with E-state index < -0.39 is 17.3 Å². The number of hydrogen-bond donors (Lipinski definition) is 1. The molecule has 0 amide bonds. The summed E-state index contributed by atoms with van der Waals surface area (Å²) in [5.41, 5.74) is 1.68. The SMILES string of the molecule is COc1cc2c(C(C(=O)O)C(C)(C)C)c(C)n(C(=O)c3ccccc3)c2cc1Cl. The summed E-state index contributed by atoms with van der Waals surface area (Å²) in [5.74, 6) is -1.57. The number of carbonyl (C=O) groups is 2. The van der Waals surface area contributed by atoms with E-state index in [-0.39, 0.29) is 5.91 Å². The fraction of sp³-hybridized carbons (Fsp3) is 0.304. The molecule has 0 fully saturated rings. The first-order valence-electron chi connectivity index (χ1n) is 9.29. The van der Waals surface area contributed by atoms with Gasteiger partial charge in [0.1, 0.15) is 5.75 Å². The molecule has 3 aromatic rings. The summed E-state index contributed by atoms with van der Waals surface area (Å²) in [4.78, 5) is 25.6. The number of rotatable bonds is 4. The van der Waals surface area contributed by atoms with Gasteiger partial charge in [-0.05, 0) is 42.2 Å². The Morgan fingerprint density at radius 1 is 1.14 bits per heavy atom. The predicted octanol–water partition coefficient (Wildman–Crippen LogP) is 5.51. The van der Waals surface area contributed by atoms with Gasteiger partial charge in [-0.15, -0.1) is 0 Å². The van der Waals surface area contributed by atoms with Gasteiger partial charge in [0.05, 0.1) is 23.6 Å². The van der Waals surface area contributed by atoms with Crippen LogP contribution in [-0.4, -0.2) is 28.7 Å². The van der Waals surface area contributed by atoms with Crippen LogP contribution in [0.5, 0.6) is 5.75 Å². The number of fused-ring (bicyclic) bond motifs is 1. The molecular formula is C23H24ClNO4. The zero-order valence-electron chi connectivity index (χ0n) is 17.1. The van der Waals surface area contributed by atoms with Crippen molar-refractivity contribution in [3.8, 4) is 5.75 Å². The number of aromatic nitrogens is 1. The van der Waals surface area contributed by atoms with Crippen molar-refractivity contribution >= 4 is 34.4 Å². The Hall–Kier alpha value is -2.79. The number of hydrogen-bond acceptors (Lipinski definition) is 3. The highest BCUT2D eigenvalue weighted by Gasteiger charge is 2.37. The number of methoxy groups -OCH3 is 1. The minimum absolute atomic E-state index is 0.237. The van der Waals surface area contributed by atoms with Gasteiger partial charge in [-0.25, -0.2) is 0 Å². The lowest BCUT2D eigenvalue weighted by Gasteiger charge is -2.28. The summed E-state index contributed by atoms with van der Waals surface area (Å²) in [6.07, 6.45) is 0. The summed E-state index contributed by atoms with van der Waals surface area (Å²) in [6, 6.07) is 12.3. The molecule has 152 valence electrons. The lowest BCUT2D eigenvalue weighted by Crippen LogP contribution is -2.27. The lowest BCUT2D eigenvalue weighted by molar-refractivity contribution is -0.141. The Kier molecular flexibility index (Phi) is 5.46. The molecule has 2 aromatic carbocycles. The summed E-state index contributed by atoms with van der Waals surface area (Å²) < 4.78 is 6.90. The third-order valence-corrected chi connectivity index (χ3v) is 5.45. The number of carboxylic acids is 1. The molecule has 0 bridgehead atoms. The van der Waals surface area contributed by atoms with Crippen molar-refractivity contribution < 1.29 is 19.4 Å². The molecule has 1 aromatic heterocycles. The third-order valence-electron chi connectivity index (χ3n) is 5.15. The van der Waals surface area contributed by atoms with Gasteiger partial charge >= 0.3 is 5.97 Å². The van der Waals surface area contributed by atoms with Crippen LogP contribution in [-0.2, 0) is 4.79 Å². The van der Waals surface area contributed by atoms with Gasteiger partial charge in [-0.2, -0.15) is 0 Å². The van der Waals surface area contributed by atoms with Crippen molar-refractivity contribution in [3.05, 3.63) is 64.3 Å². The Labute approximate surface area is 174 Å². The molecule has 0 saturated carbocycles. The Balaban J connectivity index is 2.42. The van der Waals surface area contributed by atoms with Crippen molar-refractivity contribution in [2.24, 2.45) is 5.41 Å². The highest BCUT2D eigenvalue weighted by molar-refractivity contribution is 6.33. The third kappa shape index (κ3) is 3.62. The number of carboxylic acid groups (broad SMARTS) is 1. The maximum Gasteiger partial charge on any atom is 0.311 e. The normalized spacial score (nSPS) is 12.8. The van der Waals surface area contributed by atoms with E-state index in [4.69, 9.17) is 16.3 Å². The van der Waals surface area contributed by atoms with Crippen LogP contribution in [0.2, 0.25) is 5.02 Å². The van der Waals surface area contributed by atoms with Crippen LogP contribution >= 0.6 is 11.6 Å². The van der Waals surface area contributed by atoms with Crippen molar-refractivity contribution in [1.82, 2.24) is 4.57 Å². The second-order valence-electron chi connectivity index (χ2n) is 8.15. The van der Waals surface area contributed by atoms with E-state index in [1.54, 1.807) is 47.9 Å².